The highest BCUT2D eigenvalue weighted by molar-refractivity contribution is 7.99. The summed E-state index contributed by atoms with van der Waals surface area (Å²) >= 11 is 2.00. The summed E-state index contributed by atoms with van der Waals surface area (Å²) in [5.41, 5.74) is 2.33. The van der Waals surface area contributed by atoms with Crippen molar-refractivity contribution in [3.8, 4) is 0 Å². The number of hydrogen-bond donors (Lipinski definition) is 1. The third kappa shape index (κ3) is 4.00. The predicted octanol–water partition coefficient (Wildman–Crippen LogP) is 3.47. The quantitative estimate of drug-likeness (QED) is 0.772. The fraction of sp³-hybridized carbons (Fsp3) is 0.400. The Hall–Kier alpha value is -1.06. The molecule has 0 spiro atoms. The van der Waals surface area contributed by atoms with Gasteiger partial charge in [0, 0.05) is 18.1 Å². The third-order valence-electron chi connectivity index (χ3n) is 2.82. The molecule has 0 saturated heterocycles. The van der Waals surface area contributed by atoms with Crippen molar-refractivity contribution in [2.45, 2.75) is 19.9 Å². The van der Waals surface area contributed by atoms with Crippen LogP contribution in [0.15, 0.2) is 36.5 Å². The number of nitrogens with one attached hydrogen (secondary N) is 1. The van der Waals surface area contributed by atoms with Crippen molar-refractivity contribution in [2.75, 3.05) is 18.1 Å². The summed E-state index contributed by atoms with van der Waals surface area (Å²) in [6.07, 6.45) is 3.20. The van der Waals surface area contributed by atoms with Crippen LogP contribution < -0.4 is 5.32 Å². The van der Waals surface area contributed by atoms with E-state index in [-0.39, 0.29) is 0 Å². The topological polar surface area (TPSA) is 24.9 Å². The van der Waals surface area contributed by atoms with Crippen LogP contribution in [0.1, 0.15) is 18.9 Å². The number of nitrogens with zero attached hydrogens (tertiary/aromatic N) is 1. The normalized spacial score (nSPS) is 10.9. The van der Waals surface area contributed by atoms with Crippen LogP contribution in [-0.4, -0.2) is 23.0 Å². The number of rotatable bonds is 7. The first kappa shape index (κ1) is 13.4. The molecule has 0 fully saturated rings. The SMILES string of the molecule is CCSCCCNCc1cnc2ccccc2c1. The zero-order chi connectivity index (χ0) is 12.6. The number of thioether (sulfide) groups is 1. The second-order valence-corrected chi connectivity index (χ2v) is 5.66. The Morgan fingerprint density at radius 1 is 1.28 bits per heavy atom. The Bertz CT molecular complexity index is 485. The van der Waals surface area contributed by atoms with Gasteiger partial charge in [0.25, 0.3) is 0 Å². The van der Waals surface area contributed by atoms with Crippen LogP contribution in [0, 0.1) is 0 Å². The van der Waals surface area contributed by atoms with Crippen LogP contribution in [-0.2, 0) is 6.54 Å². The highest BCUT2D eigenvalue weighted by Crippen LogP contribution is 2.12. The minimum Gasteiger partial charge on any atom is -0.313 e. The Kier molecular flexibility index (Phi) is 5.49. The molecule has 0 aliphatic rings. The molecule has 2 nitrogen and oxygen atoms in total. The molecule has 0 amide bonds. The lowest BCUT2D eigenvalue weighted by Crippen LogP contribution is -2.15. The van der Waals surface area contributed by atoms with E-state index in [1.165, 1.54) is 28.9 Å². The second-order valence-electron chi connectivity index (χ2n) is 4.26. The van der Waals surface area contributed by atoms with E-state index in [0.717, 1.165) is 18.6 Å². The van der Waals surface area contributed by atoms with Crippen LogP contribution in [0.3, 0.4) is 0 Å². The Balaban J connectivity index is 1.81. The molecule has 18 heavy (non-hydrogen) atoms. The monoisotopic (exact) mass is 260 g/mol. The summed E-state index contributed by atoms with van der Waals surface area (Å²) in [4.78, 5) is 4.47. The lowest BCUT2D eigenvalue weighted by atomic mass is 10.1. The maximum atomic E-state index is 4.47. The zero-order valence-electron chi connectivity index (χ0n) is 10.9. The van der Waals surface area contributed by atoms with Crippen molar-refractivity contribution in [3.63, 3.8) is 0 Å². The van der Waals surface area contributed by atoms with Gasteiger partial charge in [-0.05, 0) is 42.2 Å². The summed E-state index contributed by atoms with van der Waals surface area (Å²) < 4.78 is 0. The maximum absolute atomic E-state index is 4.47. The predicted molar refractivity (Wildman–Crippen MR) is 81.1 cm³/mol. The highest BCUT2D eigenvalue weighted by Gasteiger charge is 1.97. The maximum Gasteiger partial charge on any atom is 0.0702 e. The Morgan fingerprint density at radius 3 is 3.06 bits per heavy atom. The van der Waals surface area contributed by atoms with Crippen LogP contribution in [0.25, 0.3) is 10.9 Å². The van der Waals surface area contributed by atoms with Crippen molar-refractivity contribution in [3.05, 3.63) is 42.1 Å². The van der Waals surface area contributed by atoms with Gasteiger partial charge in [-0.25, -0.2) is 0 Å². The molecule has 0 aliphatic carbocycles. The average Bonchev–Trinajstić information content (AvgIpc) is 2.42. The molecule has 1 aromatic heterocycles. The fourth-order valence-electron chi connectivity index (χ4n) is 1.89. The van der Waals surface area contributed by atoms with Gasteiger partial charge < -0.3 is 5.32 Å². The van der Waals surface area contributed by atoms with E-state index in [4.69, 9.17) is 0 Å². The summed E-state index contributed by atoms with van der Waals surface area (Å²) in [6, 6.07) is 10.5. The number of para-hydroxylation sites is 1. The van der Waals surface area contributed by atoms with Gasteiger partial charge in [-0.3, -0.25) is 4.98 Å². The smallest absolute Gasteiger partial charge is 0.0702 e. The molecule has 1 N–H and O–H groups in total. The third-order valence-corrected chi connectivity index (χ3v) is 3.81. The van der Waals surface area contributed by atoms with E-state index in [1.807, 2.05) is 24.0 Å². The van der Waals surface area contributed by atoms with E-state index >= 15 is 0 Å². The van der Waals surface area contributed by atoms with Gasteiger partial charge in [0.05, 0.1) is 5.52 Å². The molecule has 96 valence electrons. The molecule has 0 atom stereocenters. The summed E-state index contributed by atoms with van der Waals surface area (Å²) in [7, 11) is 0. The van der Waals surface area contributed by atoms with E-state index in [0.29, 0.717) is 0 Å². The van der Waals surface area contributed by atoms with Crippen LogP contribution in [0.5, 0.6) is 0 Å². The van der Waals surface area contributed by atoms with E-state index < -0.39 is 0 Å². The van der Waals surface area contributed by atoms with Crippen LogP contribution >= 0.6 is 11.8 Å². The molecule has 2 aromatic rings. The van der Waals surface area contributed by atoms with E-state index in [1.54, 1.807) is 0 Å². The van der Waals surface area contributed by atoms with Crippen LogP contribution in [0.2, 0.25) is 0 Å². The van der Waals surface area contributed by atoms with Gasteiger partial charge in [-0.1, -0.05) is 25.1 Å². The Labute approximate surface area is 113 Å². The molecular weight excluding hydrogens is 240 g/mol. The van der Waals surface area contributed by atoms with Gasteiger partial charge in [0.1, 0.15) is 0 Å². The molecule has 1 heterocycles. The highest BCUT2D eigenvalue weighted by atomic mass is 32.2. The molecule has 0 saturated carbocycles. The van der Waals surface area contributed by atoms with Crippen molar-refractivity contribution in [1.29, 1.82) is 0 Å². The standard InChI is InChI=1S/C15H20N2S/c1-2-18-9-5-8-16-11-13-10-14-6-3-4-7-15(14)17-12-13/h3-4,6-7,10,12,16H,2,5,8-9,11H2,1H3. The largest absolute Gasteiger partial charge is 0.313 e. The van der Waals surface area contributed by atoms with Gasteiger partial charge in [-0.15, -0.1) is 0 Å². The van der Waals surface area contributed by atoms with Crippen molar-refractivity contribution >= 4 is 22.7 Å². The number of fused-ring (bicyclic) bond motifs is 1. The minimum absolute atomic E-state index is 0.911. The summed E-state index contributed by atoms with van der Waals surface area (Å²) in [6.45, 7) is 4.20. The van der Waals surface area contributed by atoms with Gasteiger partial charge in [0.15, 0.2) is 0 Å². The molecular formula is C15H20N2S. The Morgan fingerprint density at radius 2 is 2.17 bits per heavy atom. The molecule has 0 radical (unpaired) electrons. The average molecular weight is 260 g/mol. The number of aromatic nitrogens is 1. The lowest BCUT2D eigenvalue weighted by Gasteiger charge is -2.05. The second kappa shape index (κ2) is 7.39. The van der Waals surface area contributed by atoms with Gasteiger partial charge >= 0.3 is 0 Å². The number of hydrogen-bond acceptors (Lipinski definition) is 3. The molecule has 0 unspecified atom stereocenters. The number of pyridine rings is 1. The van der Waals surface area contributed by atoms with Gasteiger partial charge in [0.2, 0.25) is 0 Å². The lowest BCUT2D eigenvalue weighted by molar-refractivity contribution is 0.678. The minimum atomic E-state index is 0.911. The molecule has 2 rings (SSSR count). The molecule has 1 aromatic carbocycles. The van der Waals surface area contributed by atoms with E-state index in [2.05, 4.69) is 41.5 Å². The van der Waals surface area contributed by atoms with E-state index in [9.17, 15) is 0 Å². The summed E-state index contributed by atoms with van der Waals surface area (Å²) in [5, 5.41) is 4.69. The fourth-order valence-corrected chi connectivity index (χ4v) is 2.53. The van der Waals surface area contributed by atoms with Crippen molar-refractivity contribution < 1.29 is 0 Å². The molecule has 0 bridgehead atoms. The van der Waals surface area contributed by atoms with Crippen molar-refractivity contribution in [2.24, 2.45) is 0 Å². The first-order valence-electron chi connectivity index (χ1n) is 6.52. The van der Waals surface area contributed by atoms with Crippen molar-refractivity contribution in [1.82, 2.24) is 10.3 Å². The molecule has 3 heteroatoms. The zero-order valence-corrected chi connectivity index (χ0v) is 11.7. The first-order valence-corrected chi connectivity index (χ1v) is 7.67. The summed E-state index contributed by atoms with van der Waals surface area (Å²) in [5.74, 6) is 2.47. The molecule has 0 aliphatic heterocycles. The van der Waals surface area contributed by atoms with Crippen LogP contribution in [0.4, 0.5) is 0 Å². The number of benzene rings is 1. The van der Waals surface area contributed by atoms with Gasteiger partial charge in [-0.2, -0.15) is 11.8 Å². The first-order chi connectivity index (χ1) is 8.90.